The first-order valence-electron chi connectivity index (χ1n) is 8.50. The van der Waals surface area contributed by atoms with Gasteiger partial charge in [0.15, 0.2) is 11.5 Å². The van der Waals surface area contributed by atoms with E-state index in [-0.39, 0.29) is 0 Å². The van der Waals surface area contributed by atoms with Gasteiger partial charge in [-0.3, -0.25) is 4.98 Å². The van der Waals surface area contributed by atoms with Crippen molar-refractivity contribution >= 4 is 27.5 Å². The van der Waals surface area contributed by atoms with Crippen molar-refractivity contribution in [3.05, 3.63) is 87.1 Å². The van der Waals surface area contributed by atoms with Crippen LogP contribution in [0.15, 0.2) is 65.3 Å². The number of hydrogen-bond donors (Lipinski definition) is 1. The van der Waals surface area contributed by atoms with Crippen LogP contribution in [-0.4, -0.2) is 12.1 Å². The molecule has 0 saturated heterocycles. The molecule has 0 aliphatic carbocycles. The standard InChI is InChI=1S/C21H20BrClN2O2/c1-26-20-9-8-19(22)18(13-24-12-17-7-2-3-10-25-17)21(20)27-14-15-5-4-6-16(23)11-15/h2-11,24H,12-14H2,1H3. The predicted octanol–water partition coefficient (Wildman–Crippen LogP) is 5.37. The molecule has 3 rings (SSSR count). The Hall–Kier alpha value is -2.08. The molecule has 0 aliphatic rings. The molecule has 0 saturated carbocycles. The second-order valence-corrected chi connectivity index (χ2v) is 7.19. The second kappa shape index (κ2) is 9.74. The zero-order valence-electron chi connectivity index (χ0n) is 14.9. The van der Waals surface area contributed by atoms with Gasteiger partial charge in [-0.2, -0.15) is 0 Å². The van der Waals surface area contributed by atoms with Crippen LogP contribution in [-0.2, 0) is 19.7 Å². The minimum Gasteiger partial charge on any atom is -0.493 e. The fourth-order valence-corrected chi connectivity index (χ4v) is 3.33. The molecule has 0 spiro atoms. The van der Waals surface area contributed by atoms with Crippen LogP contribution in [0, 0.1) is 0 Å². The molecule has 0 radical (unpaired) electrons. The van der Waals surface area contributed by atoms with E-state index in [0.717, 1.165) is 21.3 Å². The molecule has 3 aromatic rings. The van der Waals surface area contributed by atoms with Crippen LogP contribution >= 0.6 is 27.5 Å². The topological polar surface area (TPSA) is 43.4 Å². The number of nitrogens with zero attached hydrogens (tertiary/aromatic N) is 1. The summed E-state index contributed by atoms with van der Waals surface area (Å²) in [6, 6.07) is 17.4. The van der Waals surface area contributed by atoms with E-state index in [0.29, 0.717) is 36.2 Å². The Balaban J connectivity index is 1.75. The molecule has 4 nitrogen and oxygen atoms in total. The summed E-state index contributed by atoms with van der Waals surface area (Å²) in [5.41, 5.74) is 2.97. The van der Waals surface area contributed by atoms with Crippen molar-refractivity contribution in [2.24, 2.45) is 0 Å². The average molecular weight is 448 g/mol. The maximum atomic E-state index is 6.11. The molecule has 1 aromatic heterocycles. The third kappa shape index (κ3) is 5.45. The van der Waals surface area contributed by atoms with E-state index in [1.54, 1.807) is 13.3 Å². The summed E-state index contributed by atoms with van der Waals surface area (Å²) in [4.78, 5) is 4.33. The number of ether oxygens (including phenoxy) is 2. The maximum absolute atomic E-state index is 6.11. The van der Waals surface area contributed by atoms with E-state index in [2.05, 4.69) is 26.2 Å². The highest BCUT2D eigenvalue weighted by Crippen LogP contribution is 2.37. The Labute approximate surface area is 172 Å². The van der Waals surface area contributed by atoms with Gasteiger partial charge in [0, 0.05) is 34.3 Å². The molecular weight excluding hydrogens is 428 g/mol. The van der Waals surface area contributed by atoms with Crippen LogP contribution in [0.4, 0.5) is 0 Å². The van der Waals surface area contributed by atoms with Crippen molar-refractivity contribution in [2.45, 2.75) is 19.7 Å². The number of hydrogen-bond acceptors (Lipinski definition) is 4. The first-order chi connectivity index (χ1) is 13.2. The van der Waals surface area contributed by atoms with Crippen molar-refractivity contribution in [1.29, 1.82) is 0 Å². The van der Waals surface area contributed by atoms with Gasteiger partial charge in [0.1, 0.15) is 6.61 Å². The van der Waals surface area contributed by atoms with Gasteiger partial charge in [-0.15, -0.1) is 0 Å². The Morgan fingerprint density at radius 2 is 1.96 bits per heavy atom. The quantitative estimate of drug-likeness (QED) is 0.504. The zero-order chi connectivity index (χ0) is 19.1. The number of methoxy groups -OCH3 is 1. The molecular formula is C21H20BrClN2O2. The van der Waals surface area contributed by atoms with Gasteiger partial charge >= 0.3 is 0 Å². The summed E-state index contributed by atoms with van der Waals surface area (Å²) in [6.45, 7) is 1.68. The normalized spacial score (nSPS) is 10.6. The van der Waals surface area contributed by atoms with Crippen LogP contribution in [0.2, 0.25) is 5.02 Å². The smallest absolute Gasteiger partial charge is 0.167 e. The van der Waals surface area contributed by atoms with E-state index in [1.807, 2.05) is 54.6 Å². The minimum atomic E-state index is 0.403. The molecule has 1 heterocycles. The number of rotatable bonds is 8. The molecule has 0 fully saturated rings. The van der Waals surface area contributed by atoms with Crippen molar-refractivity contribution in [3.63, 3.8) is 0 Å². The van der Waals surface area contributed by atoms with Crippen molar-refractivity contribution in [2.75, 3.05) is 7.11 Å². The highest BCUT2D eigenvalue weighted by Gasteiger charge is 2.15. The molecule has 0 bridgehead atoms. The highest BCUT2D eigenvalue weighted by atomic mass is 79.9. The van der Waals surface area contributed by atoms with Crippen LogP contribution in [0.5, 0.6) is 11.5 Å². The Morgan fingerprint density at radius 1 is 1.07 bits per heavy atom. The number of pyridine rings is 1. The monoisotopic (exact) mass is 446 g/mol. The summed E-state index contributed by atoms with van der Waals surface area (Å²) in [6.07, 6.45) is 1.79. The molecule has 1 N–H and O–H groups in total. The fraction of sp³-hybridized carbons (Fsp3) is 0.190. The third-order valence-electron chi connectivity index (χ3n) is 3.99. The van der Waals surface area contributed by atoms with Crippen molar-refractivity contribution < 1.29 is 9.47 Å². The van der Waals surface area contributed by atoms with Crippen molar-refractivity contribution in [1.82, 2.24) is 10.3 Å². The van der Waals surface area contributed by atoms with Crippen LogP contribution in [0.25, 0.3) is 0 Å². The number of aromatic nitrogens is 1. The Kier molecular flexibility index (Phi) is 7.10. The third-order valence-corrected chi connectivity index (χ3v) is 4.97. The molecule has 0 atom stereocenters. The second-order valence-electron chi connectivity index (χ2n) is 5.90. The average Bonchev–Trinajstić information content (AvgIpc) is 2.69. The van der Waals surface area contributed by atoms with E-state index in [1.165, 1.54) is 0 Å². The molecule has 27 heavy (non-hydrogen) atoms. The summed E-state index contributed by atoms with van der Waals surface area (Å²) >= 11 is 9.69. The summed E-state index contributed by atoms with van der Waals surface area (Å²) in [5, 5.41) is 4.10. The van der Waals surface area contributed by atoms with Gasteiger partial charge in [0.05, 0.1) is 12.8 Å². The SMILES string of the molecule is COc1ccc(Br)c(CNCc2ccccn2)c1OCc1cccc(Cl)c1. The highest BCUT2D eigenvalue weighted by molar-refractivity contribution is 9.10. The molecule has 6 heteroatoms. The number of halogens is 2. The van der Waals surface area contributed by atoms with Crippen molar-refractivity contribution in [3.8, 4) is 11.5 Å². The fourth-order valence-electron chi connectivity index (χ4n) is 2.67. The summed E-state index contributed by atoms with van der Waals surface area (Å²) in [5.74, 6) is 1.40. The maximum Gasteiger partial charge on any atom is 0.167 e. The Morgan fingerprint density at radius 3 is 2.70 bits per heavy atom. The van der Waals surface area contributed by atoms with E-state index in [9.17, 15) is 0 Å². The molecule has 2 aromatic carbocycles. The summed E-state index contributed by atoms with van der Waals surface area (Å²) < 4.78 is 12.6. The molecule has 0 amide bonds. The largest absolute Gasteiger partial charge is 0.493 e. The lowest BCUT2D eigenvalue weighted by Gasteiger charge is -2.17. The first-order valence-corrected chi connectivity index (χ1v) is 9.67. The van der Waals surface area contributed by atoms with Crippen LogP contribution in [0.3, 0.4) is 0 Å². The summed E-state index contributed by atoms with van der Waals surface area (Å²) in [7, 11) is 1.64. The number of benzene rings is 2. The van der Waals surface area contributed by atoms with E-state index >= 15 is 0 Å². The van der Waals surface area contributed by atoms with E-state index < -0.39 is 0 Å². The number of nitrogens with one attached hydrogen (secondary N) is 1. The van der Waals surface area contributed by atoms with Crippen LogP contribution in [0.1, 0.15) is 16.8 Å². The lowest BCUT2D eigenvalue weighted by atomic mass is 10.1. The lowest BCUT2D eigenvalue weighted by molar-refractivity contribution is 0.280. The zero-order valence-corrected chi connectivity index (χ0v) is 17.3. The van der Waals surface area contributed by atoms with Gasteiger partial charge in [-0.25, -0.2) is 0 Å². The van der Waals surface area contributed by atoms with Crippen LogP contribution < -0.4 is 14.8 Å². The lowest BCUT2D eigenvalue weighted by Crippen LogP contribution is -2.15. The van der Waals surface area contributed by atoms with Gasteiger partial charge < -0.3 is 14.8 Å². The van der Waals surface area contributed by atoms with Gasteiger partial charge in [-0.05, 0) is 42.0 Å². The van der Waals surface area contributed by atoms with E-state index in [4.69, 9.17) is 21.1 Å². The Bertz CT molecular complexity index is 891. The minimum absolute atomic E-state index is 0.403. The predicted molar refractivity (Wildman–Crippen MR) is 111 cm³/mol. The first kappa shape index (κ1) is 19.7. The molecule has 0 unspecified atom stereocenters. The van der Waals surface area contributed by atoms with Gasteiger partial charge in [-0.1, -0.05) is 45.7 Å². The van der Waals surface area contributed by atoms with Gasteiger partial charge in [0.25, 0.3) is 0 Å². The van der Waals surface area contributed by atoms with Gasteiger partial charge in [0.2, 0.25) is 0 Å². The molecule has 140 valence electrons. The molecule has 0 aliphatic heterocycles.